The highest BCUT2D eigenvalue weighted by molar-refractivity contribution is 5.93. The minimum Gasteiger partial charge on any atom is -0.493 e. The maximum atomic E-state index is 11.8. The third-order valence-corrected chi connectivity index (χ3v) is 2.59. The second-order valence-corrected chi connectivity index (χ2v) is 3.74. The Morgan fingerprint density at radius 3 is 2.41 bits per heavy atom. The van der Waals surface area contributed by atoms with Crippen LogP contribution in [0.4, 0.5) is 5.69 Å². The van der Waals surface area contributed by atoms with Gasteiger partial charge in [0.15, 0.2) is 11.5 Å². The molecular weight excluding hydrogens is 218 g/mol. The molecule has 4 heteroatoms. The second kappa shape index (κ2) is 6.13. The van der Waals surface area contributed by atoms with E-state index in [-0.39, 0.29) is 5.91 Å². The SMILES string of the molecule is CCCC(=O)N(C)c1ccc(OC)c(OC)c1. The van der Waals surface area contributed by atoms with Gasteiger partial charge < -0.3 is 14.4 Å². The van der Waals surface area contributed by atoms with E-state index in [0.717, 1.165) is 12.1 Å². The van der Waals surface area contributed by atoms with E-state index in [1.807, 2.05) is 13.0 Å². The molecule has 0 radical (unpaired) electrons. The van der Waals surface area contributed by atoms with Crippen LogP contribution in [0.15, 0.2) is 18.2 Å². The molecule has 0 fully saturated rings. The Morgan fingerprint density at radius 1 is 1.24 bits per heavy atom. The van der Waals surface area contributed by atoms with Crippen LogP contribution in [0.2, 0.25) is 0 Å². The number of carbonyl (C=O) groups is 1. The second-order valence-electron chi connectivity index (χ2n) is 3.74. The largest absolute Gasteiger partial charge is 0.493 e. The van der Waals surface area contributed by atoms with E-state index in [1.165, 1.54) is 0 Å². The van der Waals surface area contributed by atoms with Crippen molar-refractivity contribution < 1.29 is 14.3 Å². The molecule has 1 amide bonds. The zero-order valence-corrected chi connectivity index (χ0v) is 10.8. The molecule has 0 bridgehead atoms. The van der Waals surface area contributed by atoms with Gasteiger partial charge in [0.05, 0.1) is 14.2 Å². The topological polar surface area (TPSA) is 38.8 Å². The number of anilines is 1. The van der Waals surface area contributed by atoms with Gasteiger partial charge in [0.1, 0.15) is 0 Å². The van der Waals surface area contributed by atoms with Gasteiger partial charge in [-0.05, 0) is 18.6 Å². The lowest BCUT2D eigenvalue weighted by molar-refractivity contribution is -0.118. The van der Waals surface area contributed by atoms with Gasteiger partial charge in [-0.15, -0.1) is 0 Å². The summed E-state index contributed by atoms with van der Waals surface area (Å²) in [7, 11) is 4.93. The van der Waals surface area contributed by atoms with Crippen molar-refractivity contribution in [3.8, 4) is 11.5 Å². The number of benzene rings is 1. The lowest BCUT2D eigenvalue weighted by Crippen LogP contribution is -2.25. The molecule has 4 nitrogen and oxygen atoms in total. The Labute approximate surface area is 102 Å². The van der Waals surface area contributed by atoms with E-state index in [4.69, 9.17) is 9.47 Å². The van der Waals surface area contributed by atoms with E-state index >= 15 is 0 Å². The zero-order valence-electron chi connectivity index (χ0n) is 10.8. The predicted molar refractivity (Wildman–Crippen MR) is 67.9 cm³/mol. The van der Waals surface area contributed by atoms with Gasteiger partial charge in [-0.1, -0.05) is 6.92 Å². The van der Waals surface area contributed by atoms with Crippen LogP contribution in [0.1, 0.15) is 19.8 Å². The summed E-state index contributed by atoms with van der Waals surface area (Å²) in [6.07, 6.45) is 1.39. The molecule has 0 N–H and O–H groups in total. The summed E-state index contributed by atoms with van der Waals surface area (Å²) in [6.45, 7) is 1.99. The van der Waals surface area contributed by atoms with Crippen LogP contribution < -0.4 is 14.4 Å². The summed E-state index contributed by atoms with van der Waals surface area (Å²) in [5.41, 5.74) is 0.807. The third kappa shape index (κ3) is 3.12. The molecule has 0 spiro atoms. The number of methoxy groups -OCH3 is 2. The summed E-state index contributed by atoms with van der Waals surface area (Å²) in [4.78, 5) is 13.4. The molecule has 0 aromatic heterocycles. The molecule has 17 heavy (non-hydrogen) atoms. The van der Waals surface area contributed by atoms with Gasteiger partial charge in [-0.2, -0.15) is 0 Å². The molecule has 0 aliphatic heterocycles. The lowest BCUT2D eigenvalue weighted by Gasteiger charge is -2.18. The number of nitrogens with zero attached hydrogens (tertiary/aromatic N) is 1. The third-order valence-electron chi connectivity index (χ3n) is 2.59. The minimum atomic E-state index is 0.0970. The van der Waals surface area contributed by atoms with Crippen LogP contribution in [0, 0.1) is 0 Å². The number of hydrogen-bond acceptors (Lipinski definition) is 3. The summed E-state index contributed by atoms with van der Waals surface area (Å²) in [5, 5.41) is 0. The molecule has 0 atom stereocenters. The van der Waals surface area contributed by atoms with Crippen molar-refractivity contribution >= 4 is 11.6 Å². The Kier molecular flexibility index (Phi) is 4.82. The standard InChI is InChI=1S/C13H19NO3/c1-5-6-13(15)14(2)10-7-8-11(16-3)12(9-10)17-4/h7-9H,5-6H2,1-4H3. The first-order valence-electron chi connectivity index (χ1n) is 5.62. The average molecular weight is 237 g/mol. The van der Waals surface area contributed by atoms with Gasteiger partial charge in [-0.3, -0.25) is 4.79 Å². The number of rotatable bonds is 5. The molecule has 0 heterocycles. The Hall–Kier alpha value is -1.71. The molecule has 0 saturated heterocycles. The summed E-state index contributed by atoms with van der Waals surface area (Å²) in [6, 6.07) is 5.44. The first-order valence-corrected chi connectivity index (χ1v) is 5.62. The van der Waals surface area contributed by atoms with Crippen LogP contribution >= 0.6 is 0 Å². The molecule has 0 aliphatic rings. The fourth-order valence-electron chi connectivity index (χ4n) is 1.56. The van der Waals surface area contributed by atoms with E-state index in [2.05, 4.69) is 0 Å². The summed E-state index contributed by atoms with van der Waals surface area (Å²) in [5.74, 6) is 1.38. The number of hydrogen-bond donors (Lipinski definition) is 0. The Morgan fingerprint density at radius 2 is 1.88 bits per heavy atom. The molecular formula is C13H19NO3. The monoisotopic (exact) mass is 237 g/mol. The van der Waals surface area contributed by atoms with Crippen molar-refractivity contribution in [2.24, 2.45) is 0 Å². The predicted octanol–water partition coefficient (Wildman–Crippen LogP) is 2.47. The maximum Gasteiger partial charge on any atom is 0.226 e. The molecule has 0 aliphatic carbocycles. The minimum absolute atomic E-state index is 0.0970. The summed E-state index contributed by atoms with van der Waals surface area (Å²) < 4.78 is 10.4. The fourth-order valence-corrected chi connectivity index (χ4v) is 1.56. The fraction of sp³-hybridized carbons (Fsp3) is 0.462. The highest BCUT2D eigenvalue weighted by Gasteiger charge is 2.12. The molecule has 0 unspecified atom stereocenters. The zero-order chi connectivity index (χ0) is 12.8. The number of carbonyl (C=O) groups excluding carboxylic acids is 1. The molecule has 1 aromatic carbocycles. The van der Waals surface area contributed by atoms with Gasteiger partial charge in [0.25, 0.3) is 0 Å². The van der Waals surface area contributed by atoms with Crippen LogP contribution in [0.5, 0.6) is 11.5 Å². The van der Waals surface area contributed by atoms with E-state index < -0.39 is 0 Å². The molecule has 1 aromatic rings. The quantitative estimate of drug-likeness (QED) is 0.789. The van der Waals surface area contributed by atoms with Gasteiger partial charge in [0, 0.05) is 25.2 Å². The lowest BCUT2D eigenvalue weighted by atomic mass is 10.2. The van der Waals surface area contributed by atoms with E-state index in [9.17, 15) is 4.79 Å². The smallest absolute Gasteiger partial charge is 0.226 e. The van der Waals surface area contributed by atoms with Gasteiger partial charge in [-0.25, -0.2) is 0 Å². The van der Waals surface area contributed by atoms with Crippen LogP contribution in [0.3, 0.4) is 0 Å². The molecule has 1 rings (SSSR count). The number of amides is 1. The van der Waals surface area contributed by atoms with Crippen molar-refractivity contribution in [3.05, 3.63) is 18.2 Å². The molecule has 0 saturated carbocycles. The molecule has 94 valence electrons. The van der Waals surface area contributed by atoms with Crippen LogP contribution in [-0.2, 0) is 4.79 Å². The Balaban J connectivity index is 2.95. The maximum absolute atomic E-state index is 11.8. The number of ether oxygens (including phenoxy) is 2. The van der Waals surface area contributed by atoms with Crippen molar-refractivity contribution in [1.82, 2.24) is 0 Å². The first-order chi connectivity index (χ1) is 8.13. The van der Waals surface area contributed by atoms with Crippen molar-refractivity contribution in [2.75, 3.05) is 26.2 Å². The van der Waals surface area contributed by atoms with Crippen molar-refractivity contribution in [1.29, 1.82) is 0 Å². The first kappa shape index (κ1) is 13.4. The van der Waals surface area contributed by atoms with Crippen LogP contribution in [0.25, 0.3) is 0 Å². The van der Waals surface area contributed by atoms with E-state index in [1.54, 1.807) is 38.3 Å². The Bertz CT molecular complexity index is 390. The highest BCUT2D eigenvalue weighted by atomic mass is 16.5. The highest BCUT2D eigenvalue weighted by Crippen LogP contribution is 2.31. The van der Waals surface area contributed by atoms with Crippen molar-refractivity contribution in [2.45, 2.75) is 19.8 Å². The summed E-state index contributed by atoms with van der Waals surface area (Å²) >= 11 is 0. The normalized spacial score (nSPS) is 9.88. The average Bonchev–Trinajstić information content (AvgIpc) is 2.37. The van der Waals surface area contributed by atoms with E-state index in [0.29, 0.717) is 17.9 Å². The van der Waals surface area contributed by atoms with Gasteiger partial charge in [0.2, 0.25) is 5.91 Å². The van der Waals surface area contributed by atoms with Crippen molar-refractivity contribution in [3.63, 3.8) is 0 Å². The van der Waals surface area contributed by atoms with Crippen LogP contribution in [-0.4, -0.2) is 27.2 Å². The van der Waals surface area contributed by atoms with Gasteiger partial charge >= 0.3 is 0 Å².